The van der Waals surface area contributed by atoms with Gasteiger partial charge in [-0.3, -0.25) is 14.2 Å². The molecule has 0 aliphatic carbocycles. The Balaban J connectivity index is 1.49. The number of anilines is 1. The Kier molecular flexibility index (Phi) is 7.16. The molecule has 4 aromatic rings. The molecular weight excluding hydrogens is 498 g/mol. The molecule has 0 bridgehead atoms. The third kappa shape index (κ3) is 5.20. The van der Waals surface area contributed by atoms with Crippen molar-refractivity contribution in [2.24, 2.45) is 0 Å². The first kappa shape index (κ1) is 24.2. The summed E-state index contributed by atoms with van der Waals surface area (Å²) in [5.41, 5.74) is 2.05. The van der Waals surface area contributed by atoms with Gasteiger partial charge in [0.05, 0.1) is 16.2 Å². The van der Waals surface area contributed by atoms with E-state index >= 15 is 0 Å². The molecule has 0 saturated heterocycles. The molecule has 9 heteroatoms. The Morgan fingerprint density at radius 2 is 1.89 bits per heavy atom. The van der Waals surface area contributed by atoms with Crippen molar-refractivity contribution in [2.75, 3.05) is 12.1 Å². The molecule has 3 aromatic carbocycles. The fraction of sp³-hybridized carbons (Fsp3) is 0.222. The molecule has 1 aliphatic heterocycles. The van der Waals surface area contributed by atoms with Crippen LogP contribution >= 0.6 is 23.4 Å². The van der Waals surface area contributed by atoms with Gasteiger partial charge in [0.2, 0.25) is 12.7 Å². The van der Waals surface area contributed by atoms with E-state index in [0.29, 0.717) is 57.7 Å². The van der Waals surface area contributed by atoms with E-state index in [1.54, 1.807) is 41.0 Å². The number of halogens is 1. The fourth-order valence-electron chi connectivity index (χ4n) is 4.00. The number of fused-ring (bicyclic) bond motifs is 2. The van der Waals surface area contributed by atoms with Crippen LogP contribution < -0.4 is 20.3 Å². The van der Waals surface area contributed by atoms with Crippen molar-refractivity contribution < 1.29 is 14.3 Å². The highest BCUT2D eigenvalue weighted by Gasteiger charge is 2.24. The summed E-state index contributed by atoms with van der Waals surface area (Å²) >= 11 is 7.35. The molecule has 36 heavy (non-hydrogen) atoms. The Morgan fingerprint density at radius 3 is 2.64 bits per heavy atom. The third-order valence-corrected chi connectivity index (χ3v) is 7.47. The van der Waals surface area contributed by atoms with E-state index in [-0.39, 0.29) is 18.3 Å². The van der Waals surface area contributed by atoms with Gasteiger partial charge in [-0.05, 0) is 42.7 Å². The standard InChI is InChI=1S/C27H24ClN3O4S/c1-2-24(25(32)29-19-10-6-9-18(28)13-19)36-27-30-21-15-23-22(34-16-35-23)14-20(21)26(33)31(27)12-11-17-7-4-3-5-8-17/h3-10,13-15,24H,2,11-12,16H2,1H3,(H,29,32)/t24-/m1/s1. The topological polar surface area (TPSA) is 82.5 Å². The molecule has 0 radical (unpaired) electrons. The molecule has 1 atom stereocenters. The van der Waals surface area contributed by atoms with Crippen molar-refractivity contribution in [2.45, 2.75) is 36.7 Å². The molecule has 1 amide bonds. The van der Waals surface area contributed by atoms with Gasteiger partial charge in [-0.15, -0.1) is 0 Å². The molecular formula is C27H24ClN3O4S. The molecule has 1 aromatic heterocycles. The maximum absolute atomic E-state index is 13.6. The van der Waals surface area contributed by atoms with E-state index < -0.39 is 5.25 Å². The second-order valence-electron chi connectivity index (χ2n) is 8.32. The Labute approximate surface area is 217 Å². The minimum atomic E-state index is -0.467. The van der Waals surface area contributed by atoms with Crippen LogP contribution in [0.3, 0.4) is 0 Å². The zero-order valence-corrected chi connectivity index (χ0v) is 21.1. The van der Waals surface area contributed by atoms with E-state index in [9.17, 15) is 9.59 Å². The Hall–Kier alpha value is -3.49. The highest BCUT2D eigenvalue weighted by molar-refractivity contribution is 8.00. The van der Waals surface area contributed by atoms with E-state index in [1.807, 2.05) is 37.3 Å². The number of aryl methyl sites for hydroxylation is 1. The number of benzene rings is 3. The molecule has 184 valence electrons. The minimum Gasteiger partial charge on any atom is -0.454 e. The van der Waals surface area contributed by atoms with Crippen LogP contribution in [0.5, 0.6) is 11.5 Å². The summed E-state index contributed by atoms with van der Waals surface area (Å²) in [5, 5.41) is 3.93. The van der Waals surface area contributed by atoms with E-state index in [1.165, 1.54) is 11.8 Å². The molecule has 1 N–H and O–H groups in total. The predicted molar refractivity (Wildman–Crippen MR) is 142 cm³/mol. The van der Waals surface area contributed by atoms with Crippen molar-refractivity contribution in [1.29, 1.82) is 0 Å². The van der Waals surface area contributed by atoms with E-state index in [0.717, 1.165) is 5.56 Å². The number of hydrogen-bond acceptors (Lipinski definition) is 6. The van der Waals surface area contributed by atoms with Gasteiger partial charge in [-0.25, -0.2) is 4.98 Å². The summed E-state index contributed by atoms with van der Waals surface area (Å²) < 4.78 is 12.6. The highest BCUT2D eigenvalue weighted by Crippen LogP contribution is 2.35. The van der Waals surface area contributed by atoms with Gasteiger partial charge in [-0.1, -0.05) is 66.7 Å². The second-order valence-corrected chi connectivity index (χ2v) is 9.93. The Bertz CT molecular complexity index is 1480. The number of nitrogens with zero attached hydrogens (tertiary/aromatic N) is 2. The van der Waals surface area contributed by atoms with Crippen LogP contribution in [-0.4, -0.2) is 27.5 Å². The molecule has 2 heterocycles. The quantitative estimate of drug-likeness (QED) is 0.242. The largest absolute Gasteiger partial charge is 0.454 e. The molecule has 0 saturated carbocycles. The number of thioether (sulfide) groups is 1. The number of hydrogen-bond donors (Lipinski definition) is 1. The number of carbonyl (C=O) groups is 1. The zero-order chi connectivity index (χ0) is 25.1. The van der Waals surface area contributed by atoms with Gasteiger partial charge in [-0.2, -0.15) is 0 Å². The summed E-state index contributed by atoms with van der Waals surface area (Å²) in [7, 11) is 0. The average Bonchev–Trinajstić information content (AvgIpc) is 3.34. The van der Waals surface area contributed by atoms with Gasteiger partial charge >= 0.3 is 0 Å². The van der Waals surface area contributed by atoms with Crippen LogP contribution in [0.2, 0.25) is 5.02 Å². The number of aromatic nitrogens is 2. The van der Waals surface area contributed by atoms with Gasteiger partial charge in [0.1, 0.15) is 0 Å². The molecule has 0 unspecified atom stereocenters. The lowest BCUT2D eigenvalue weighted by atomic mass is 10.1. The van der Waals surface area contributed by atoms with Crippen LogP contribution in [0, 0.1) is 0 Å². The van der Waals surface area contributed by atoms with Crippen molar-refractivity contribution in [3.8, 4) is 11.5 Å². The maximum atomic E-state index is 13.6. The van der Waals surface area contributed by atoms with Gasteiger partial charge < -0.3 is 14.8 Å². The van der Waals surface area contributed by atoms with Gasteiger partial charge in [0.15, 0.2) is 16.7 Å². The van der Waals surface area contributed by atoms with Crippen molar-refractivity contribution in [1.82, 2.24) is 9.55 Å². The summed E-state index contributed by atoms with van der Waals surface area (Å²) in [4.78, 5) is 31.6. The van der Waals surface area contributed by atoms with E-state index in [4.69, 9.17) is 26.1 Å². The summed E-state index contributed by atoms with van der Waals surface area (Å²) in [6.07, 6.45) is 1.20. The van der Waals surface area contributed by atoms with Crippen molar-refractivity contribution in [3.05, 3.63) is 87.7 Å². The molecule has 0 spiro atoms. The third-order valence-electron chi connectivity index (χ3n) is 5.88. The first-order valence-corrected chi connectivity index (χ1v) is 12.9. The van der Waals surface area contributed by atoms with E-state index in [2.05, 4.69) is 5.32 Å². The molecule has 1 aliphatic rings. The summed E-state index contributed by atoms with van der Waals surface area (Å²) in [6, 6.07) is 20.4. The number of carbonyl (C=O) groups excluding carboxylic acids is 1. The van der Waals surface area contributed by atoms with Crippen molar-refractivity contribution in [3.63, 3.8) is 0 Å². The second kappa shape index (κ2) is 10.6. The summed E-state index contributed by atoms with van der Waals surface area (Å²) in [5.74, 6) is 0.904. The van der Waals surface area contributed by atoms with Crippen LogP contribution in [0.15, 0.2) is 76.7 Å². The number of nitrogens with one attached hydrogen (secondary N) is 1. The number of rotatable bonds is 8. The minimum absolute atomic E-state index is 0.108. The lowest BCUT2D eigenvalue weighted by Crippen LogP contribution is -2.28. The fourth-order valence-corrected chi connectivity index (χ4v) is 5.23. The van der Waals surface area contributed by atoms with Crippen LogP contribution in [0.4, 0.5) is 5.69 Å². The monoisotopic (exact) mass is 521 g/mol. The average molecular weight is 522 g/mol. The number of amides is 1. The first-order valence-electron chi connectivity index (χ1n) is 11.6. The summed E-state index contributed by atoms with van der Waals surface area (Å²) in [6.45, 7) is 2.46. The highest BCUT2D eigenvalue weighted by atomic mass is 35.5. The molecule has 5 rings (SSSR count). The van der Waals surface area contributed by atoms with Gasteiger partial charge in [0.25, 0.3) is 5.56 Å². The maximum Gasteiger partial charge on any atom is 0.262 e. The normalized spacial score (nSPS) is 13.1. The van der Waals surface area contributed by atoms with Crippen LogP contribution in [-0.2, 0) is 17.8 Å². The predicted octanol–water partition coefficient (Wildman–Crippen LogP) is 5.53. The SMILES string of the molecule is CC[C@@H](Sc1nc2cc3c(cc2c(=O)n1CCc1ccccc1)OCO3)C(=O)Nc1cccc(Cl)c1. The lowest BCUT2D eigenvalue weighted by molar-refractivity contribution is -0.115. The zero-order valence-electron chi connectivity index (χ0n) is 19.6. The van der Waals surface area contributed by atoms with Crippen molar-refractivity contribution >= 4 is 45.9 Å². The van der Waals surface area contributed by atoms with Gasteiger partial charge in [0, 0.05) is 23.3 Å². The Morgan fingerprint density at radius 1 is 1.11 bits per heavy atom. The first-order chi connectivity index (χ1) is 17.5. The van der Waals surface area contributed by atoms with Crippen LogP contribution in [0.25, 0.3) is 10.9 Å². The lowest BCUT2D eigenvalue weighted by Gasteiger charge is -2.18. The smallest absolute Gasteiger partial charge is 0.262 e. The number of ether oxygens (including phenoxy) is 2. The molecule has 7 nitrogen and oxygen atoms in total. The van der Waals surface area contributed by atoms with Crippen LogP contribution in [0.1, 0.15) is 18.9 Å². The molecule has 0 fully saturated rings.